The predicted octanol–water partition coefficient (Wildman–Crippen LogP) is 2.87. The maximum atomic E-state index is 12.1. The second kappa shape index (κ2) is 7.02. The maximum absolute atomic E-state index is 12.1. The van der Waals surface area contributed by atoms with E-state index in [1.54, 1.807) is 0 Å². The Morgan fingerprint density at radius 1 is 1.45 bits per heavy atom. The molecule has 112 valence electrons. The lowest BCUT2D eigenvalue weighted by atomic mass is 9.94. The van der Waals surface area contributed by atoms with Gasteiger partial charge in [-0.3, -0.25) is 9.48 Å². The van der Waals surface area contributed by atoms with Gasteiger partial charge in [-0.15, -0.1) is 0 Å². The van der Waals surface area contributed by atoms with Crippen LogP contribution in [0.1, 0.15) is 64.1 Å². The number of hydrogen-bond acceptors (Lipinski definition) is 3. The van der Waals surface area contributed by atoms with Gasteiger partial charge in [0, 0.05) is 6.20 Å². The van der Waals surface area contributed by atoms with Gasteiger partial charge in [-0.2, -0.15) is 5.10 Å². The summed E-state index contributed by atoms with van der Waals surface area (Å²) in [6, 6.07) is 2.13. The zero-order chi connectivity index (χ0) is 14.5. The molecule has 0 bridgehead atoms. The van der Waals surface area contributed by atoms with Crippen molar-refractivity contribution in [2.75, 3.05) is 0 Å². The Hall–Kier alpha value is -1.16. The van der Waals surface area contributed by atoms with Gasteiger partial charge in [-0.25, -0.2) is 0 Å². The molecule has 1 aromatic heterocycles. The third kappa shape index (κ3) is 3.69. The molecule has 2 unspecified atom stereocenters. The predicted molar refractivity (Wildman–Crippen MR) is 80.5 cm³/mol. The molecule has 2 atom stereocenters. The first-order chi connectivity index (χ1) is 9.61. The molecule has 1 heterocycles. The molecule has 0 spiro atoms. The summed E-state index contributed by atoms with van der Waals surface area (Å²) in [6.45, 7) is 4.10. The summed E-state index contributed by atoms with van der Waals surface area (Å²) >= 11 is 0. The quantitative estimate of drug-likeness (QED) is 0.869. The first-order valence-corrected chi connectivity index (χ1v) is 7.94. The monoisotopic (exact) mass is 277 g/mol. The van der Waals surface area contributed by atoms with Crippen LogP contribution in [0.5, 0.6) is 0 Å². The number of carbonyl (C=O) groups excluding carboxylic acids is 1. The van der Waals surface area contributed by atoms with Crippen LogP contribution in [0.15, 0.2) is 12.3 Å². The number of Topliss-reactive ketones (excluding diaryl/α,β-unsaturated/α-hetero) is 1. The van der Waals surface area contributed by atoms with Gasteiger partial charge in [0.25, 0.3) is 0 Å². The van der Waals surface area contributed by atoms with E-state index in [2.05, 4.69) is 16.7 Å². The van der Waals surface area contributed by atoms with E-state index in [-0.39, 0.29) is 17.7 Å². The van der Waals surface area contributed by atoms with Crippen LogP contribution in [-0.4, -0.2) is 21.6 Å². The molecule has 0 aliphatic heterocycles. The number of ketones is 1. The molecule has 1 fully saturated rings. The van der Waals surface area contributed by atoms with Crippen molar-refractivity contribution in [3.8, 4) is 0 Å². The Labute approximate surface area is 121 Å². The van der Waals surface area contributed by atoms with E-state index in [1.807, 2.05) is 19.2 Å². The van der Waals surface area contributed by atoms with Crippen LogP contribution in [-0.2, 0) is 11.2 Å². The third-order valence-electron chi connectivity index (χ3n) is 4.60. The van der Waals surface area contributed by atoms with E-state index >= 15 is 0 Å². The molecule has 20 heavy (non-hydrogen) atoms. The van der Waals surface area contributed by atoms with Crippen LogP contribution in [0.4, 0.5) is 0 Å². The minimum absolute atomic E-state index is 0.105. The van der Waals surface area contributed by atoms with E-state index in [0.29, 0.717) is 12.5 Å². The molecule has 1 aliphatic rings. The maximum Gasteiger partial charge on any atom is 0.155 e. The molecular formula is C16H27N3O. The van der Waals surface area contributed by atoms with Crippen molar-refractivity contribution in [1.82, 2.24) is 9.78 Å². The summed E-state index contributed by atoms with van der Waals surface area (Å²) in [5.74, 6) is 0.344. The largest absolute Gasteiger partial charge is 0.321 e. The summed E-state index contributed by atoms with van der Waals surface area (Å²) < 4.78 is 2.05. The highest BCUT2D eigenvalue weighted by Crippen LogP contribution is 2.27. The minimum Gasteiger partial charge on any atom is -0.321 e. The highest BCUT2D eigenvalue weighted by Gasteiger charge is 2.21. The number of rotatable bonds is 6. The van der Waals surface area contributed by atoms with E-state index in [0.717, 1.165) is 12.1 Å². The highest BCUT2D eigenvalue weighted by atomic mass is 16.1. The molecule has 1 aliphatic carbocycles. The van der Waals surface area contributed by atoms with Gasteiger partial charge < -0.3 is 5.73 Å². The Morgan fingerprint density at radius 2 is 2.15 bits per heavy atom. The van der Waals surface area contributed by atoms with Crippen LogP contribution >= 0.6 is 0 Å². The lowest BCUT2D eigenvalue weighted by molar-refractivity contribution is -0.120. The number of hydrogen-bond donors (Lipinski definition) is 1. The van der Waals surface area contributed by atoms with Crippen LogP contribution in [0.2, 0.25) is 0 Å². The molecule has 0 radical (unpaired) electrons. The second-order valence-electron chi connectivity index (χ2n) is 6.13. The number of aromatic nitrogens is 2. The Morgan fingerprint density at radius 3 is 2.80 bits per heavy atom. The first kappa shape index (κ1) is 15.2. The van der Waals surface area contributed by atoms with E-state index < -0.39 is 0 Å². The Bertz CT molecular complexity index is 435. The lowest BCUT2D eigenvalue weighted by Gasteiger charge is -2.21. The van der Waals surface area contributed by atoms with Crippen molar-refractivity contribution in [1.29, 1.82) is 0 Å². The number of nitrogens with zero attached hydrogens (tertiary/aromatic N) is 2. The molecule has 1 aromatic rings. The fourth-order valence-corrected chi connectivity index (χ4v) is 2.89. The standard InChI is InChI=1S/C16H27N3O/c1-3-12(2)16(17)15(20)11-13-9-10-19(18-13)14-7-5-4-6-8-14/h9-10,12,14,16H,3-8,11,17H2,1-2H3. The number of nitrogens with two attached hydrogens (primary N) is 1. The molecular weight excluding hydrogens is 250 g/mol. The normalized spacial score (nSPS) is 19.8. The van der Waals surface area contributed by atoms with Crippen molar-refractivity contribution in [2.45, 2.75) is 70.9 Å². The lowest BCUT2D eigenvalue weighted by Crippen LogP contribution is -2.37. The fraction of sp³-hybridized carbons (Fsp3) is 0.750. The topological polar surface area (TPSA) is 60.9 Å². The van der Waals surface area contributed by atoms with Gasteiger partial charge in [0.15, 0.2) is 5.78 Å². The van der Waals surface area contributed by atoms with Crippen LogP contribution in [0.25, 0.3) is 0 Å². The van der Waals surface area contributed by atoms with Crippen LogP contribution in [0, 0.1) is 5.92 Å². The Balaban J connectivity index is 1.93. The van der Waals surface area contributed by atoms with Gasteiger partial charge >= 0.3 is 0 Å². The molecule has 4 nitrogen and oxygen atoms in total. The fourth-order valence-electron chi connectivity index (χ4n) is 2.89. The van der Waals surface area contributed by atoms with Crippen molar-refractivity contribution in [3.05, 3.63) is 18.0 Å². The van der Waals surface area contributed by atoms with E-state index in [1.165, 1.54) is 32.1 Å². The molecule has 0 saturated heterocycles. The van der Waals surface area contributed by atoms with Gasteiger partial charge in [0.2, 0.25) is 0 Å². The minimum atomic E-state index is -0.361. The summed E-state index contributed by atoms with van der Waals surface area (Å²) in [6.07, 6.45) is 9.66. The second-order valence-corrected chi connectivity index (χ2v) is 6.13. The SMILES string of the molecule is CCC(C)C(N)C(=O)Cc1ccn(C2CCCCC2)n1. The molecule has 0 amide bonds. The number of carbonyl (C=O) groups is 1. The van der Waals surface area contributed by atoms with Crippen LogP contribution < -0.4 is 5.73 Å². The first-order valence-electron chi connectivity index (χ1n) is 7.94. The van der Waals surface area contributed by atoms with Gasteiger partial charge in [-0.05, 0) is 24.8 Å². The molecule has 2 N–H and O–H groups in total. The summed E-state index contributed by atoms with van der Waals surface area (Å²) in [5.41, 5.74) is 6.85. The van der Waals surface area contributed by atoms with Crippen molar-refractivity contribution in [3.63, 3.8) is 0 Å². The average molecular weight is 277 g/mol. The smallest absolute Gasteiger partial charge is 0.155 e. The molecule has 1 saturated carbocycles. The average Bonchev–Trinajstić information content (AvgIpc) is 2.95. The van der Waals surface area contributed by atoms with Crippen LogP contribution in [0.3, 0.4) is 0 Å². The van der Waals surface area contributed by atoms with Gasteiger partial charge in [0.05, 0.1) is 24.2 Å². The van der Waals surface area contributed by atoms with Crippen molar-refractivity contribution >= 4 is 5.78 Å². The summed E-state index contributed by atoms with van der Waals surface area (Å²) in [4.78, 5) is 12.1. The Kier molecular flexibility index (Phi) is 5.35. The third-order valence-corrected chi connectivity index (χ3v) is 4.60. The summed E-state index contributed by atoms with van der Waals surface area (Å²) in [5, 5.41) is 4.58. The van der Waals surface area contributed by atoms with Gasteiger partial charge in [-0.1, -0.05) is 39.5 Å². The van der Waals surface area contributed by atoms with Crippen molar-refractivity contribution in [2.24, 2.45) is 11.7 Å². The van der Waals surface area contributed by atoms with Gasteiger partial charge in [0.1, 0.15) is 0 Å². The van der Waals surface area contributed by atoms with E-state index in [9.17, 15) is 4.79 Å². The van der Waals surface area contributed by atoms with E-state index in [4.69, 9.17) is 5.73 Å². The molecule has 4 heteroatoms. The molecule has 2 rings (SSSR count). The zero-order valence-corrected chi connectivity index (χ0v) is 12.7. The molecule has 0 aromatic carbocycles. The highest BCUT2D eigenvalue weighted by molar-refractivity contribution is 5.85. The van der Waals surface area contributed by atoms with Crippen molar-refractivity contribution < 1.29 is 4.79 Å². The zero-order valence-electron chi connectivity index (χ0n) is 12.7. The summed E-state index contributed by atoms with van der Waals surface area (Å²) in [7, 11) is 0.